The Kier molecular flexibility index (Phi) is 5.75. The second-order valence-corrected chi connectivity index (χ2v) is 7.80. The molecule has 7 nitrogen and oxygen atoms in total. The molecule has 0 spiro atoms. The molecule has 2 fully saturated rings. The van der Waals surface area contributed by atoms with Gasteiger partial charge < -0.3 is 14.7 Å². The quantitative estimate of drug-likeness (QED) is 0.836. The summed E-state index contributed by atoms with van der Waals surface area (Å²) in [5.41, 5.74) is 2.95. The largest absolute Gasteiger partial charge is 0.396 e. The van der Waals surface area contributed by atoms with Crippen molar-refractivity contribution in [1.29, 1.82) is 0 Å². The third kappa shape index (κ3) is 4.11. The van der Waals surface area contributed by atoms with Crippen LogP contribution in [0.2, 0.25) is 0 Å². The zero-order valence-corrected chi connectivity index (χ0v) is 16.3. The molecule has 2 aliphatic heterocycles. The van der Waals surface area contributed by atoms with Crippen LogP contribution in [0.1, 0.15) is 27.4 Å². The number of carbonyl (C=O) groups is 1. The highest BCUT2D eigenvalue weighted by atomic mass is 16.5. The molecule has 0 bridgehead atoms. The van der Waals surface area contributed by atoms with E-state index in [-0.39, 0.29) is 24.3 Å². The number of morpholine rings is 1. The molecule has 1 aromatic carbocycles. The van der Waals surface area contributed by atoms with E-state index in [0.717, 1.165) is 44.0 Å². The lowest BCUT2D eigenvalue weighted by molar-refractivity contribution is 0.0341. The maximum absolute atomic E-state index is 13.1. The van der Waals surface area contributed by atoms with E-state index in [4.69, 9.17) is 4.74 Å². The third-order valence-corrected chi connectivity index (χ3v) is 5.80. The monoisotopic (exact) mass is 384 g/mol. The minimum atomic E-state index is 0.0358. The summed E-state index contributed by atoms with van der Waals surface area (Å²) in [6, 6.07) is 7.92. The van der Waals surface area contributed by atoms with Gasteiger partial charge in [0.05, 0.1) is 19.4 Å². The molecule has 2 aliphatic rings. The second-order valence-electron chi connectivity index (χ2n) is 7.80. The first-order valence-corrected chi connectivity index (χ1v) is 9.92. The van der Waals surface area contributed by atoms with Gasteiger partial charge in [0, 0.05) is 70.0 Å². The van der Waals surface area contributed by atoms with Crippen molar-refractivity contribution in [3.8, 4) is 0 Å². The fraction of sp³-hybridized carbons (Fsp3) is 0.524. The minimum absolute atomic E-state index is 0.0358. The van der Waals surface area contributed by atoms with Gasteiger partial charge in [-0.3, -0.25) is 14.4 Å². The van der Waals surface area contributed by atoms with Gasteiger partial charge in [-0.05, 0) is 23.3 Å². The Hall–Kier alpha value is -2.22. The lowest BCUT2D eigenvalue weighted by atomic mass is 9.92. The van der Waals surface area contributed by atoms with Crippen molar-refractivity contribution in [2.45, 2.75) is 12.5 Å². The Morgan fingerprint density at radius 3 is 2.82 bits per heavy atom. The number of aromatic nitrogens is 2. The Morgan fingerprint density at radius 2 is 2.11 bits per heavy atom. The van der Waals surface area contributed by atoms with Gasteiger partial charge in [-0.1, -0.05) is 12.1 Å². The number of nitrogens with zero attached hydrogens (tertiary/aromatic N) is 4. The molecule has 2 atom stereocenters. The molecule has 0 unspecified atom stereocenters. The molecule has 3 heterocycles. The number of ether oxygens (including phenoxy) is 1. The summed E-state index contributed by atoms with van der Waals surface area (Å²) in [6.45, 7) is 5.48. The molecule has 2 aromatic rings. The van der Waals surface area contributed by atoms with E-state index in [2.05, 4.69) is 16.1 Å². The Balaban J connectivity index is 1.46. The third-order valence-electron chi connectivity index (χ3n) is 5.80. The Bertz CT molecular complexity index is 815. The van der Waals surface area contributed by atoms with Gasteiger partial charge in [0.1, 0.15) is 0 Å². The smallest absolute Gasteiger partial charge is 0.253 e. The number of hydrogen-bond donors (Lipinski definition) is 1. The van der Waals surface area contributed by atoms with Gasteiger partial charge in [0.25, 0.3) is 5.91 Å². The van der Waals surface area contributed by atoms with Gasteiger partial charge in [0.15, 0.2) is 0 Å². The Morgan fingerprint density at radius 1 is 1.29 bits per heavy atom. The first-order valence-electron chi connectivity index (χ1n) is 9.92. The van der Waals surface area contributed by atoms with Crippen molar-refractivity contribution in [3.05, 3.63) is 53.3 Å². The summed E-state index contributed by atoms with van der Waals surface area (Å²) in [5.74, 6) is 0.206. The number of aliphatic hydroxyl groups excluding tert-OH is 1. The van der Waals surface area contributed by atoms with E-state index < -0.39 is 0 Å². The molecule has 1 amide bonds. The number of aliphatic hydroxyl groups is 1. The molecule has 7 heteroatoms. The maximum atomic E-state index is 13.1. The topological polar surface area (TPSA) is 70.8 Å². The summed E-state index contributed by atoms with van der Waals surface area (Å²) < 4.78 is 7.17. The SMILES string of the molecule is Cn1cc([C@@H]2CN(C(=O)c3cccc(CN4CCOCC4)c3)C[C@H]2CO)cn1. The summed E-state index contributed by atoms with van der Waals surface area (Å²) in [7, 11) is 1.88. The van der Waals surface area contributed by atoms with Crippen molar-refractivity contribution in [1.82, 2.24) is 19.6 Å². The molecule has 1 aromatic heterocycles. The first kappa shape index (κ1) is 19.1. The summed E-state index contributed by atoms with van der Waals surface area (Å²) in [4.78, 5) is 17.3. The van der Waals surface area contributed by atoms with Gasteiger partial charge in [-0.25, -0.2) is 0 Å². The lowest BCUT2D eigenvalue weighted by Crippen LogP contribution is -2.35. The van der Waals surface area contributed by atoms with Crippen LogP contribution in [0.3, 0.4) is 0 Å². The van der Waals surface area contributed by atoms with Crippen LogP contribution < -0.4 is 0 Å². The molecule has 4 rings (SSSR count). The summed E-state index contributed by atoms with van der Waals surface area (Å²) in [6.07, 6.45) is 3.81. The van der Waals surface area contributed by atoms with E-state index >= 15 is 0 Å². The van der Waals surface area contributed by atoms with Crippen molar-refractivity contribution in [3.63, 3.8) is 0 Å². The second kappa shape index (κ2) is 8.43. The average Bonchev–Trinajstić information content (AvgIpc) is 3.34. The summed E-state index contributed by atoms with van der Waals surface area (Å²) >= 11 is 0. The Labute approximate surface area is 165 Å². The predicted octanol–water partition coefficient (Wildman–Crippen LogP) is 1.10. The van der Waals surface area contributed by atoms with Crippen LogP contribution in [0, 0.1) is 5.92 Å². The van der Waals surface area contributed by atoms with Crippen molar-refractivity contribution >= 4 is 5.91 Å². The minimum Gasteiger partial charge on any atom is -0.396 e. The molecule has 0 radical (unpaired) electrons. The van der Waals surface area contributed by atoms with Crippen LogP contribution in [0.15, 0.2) is 36.7 Å². The molecule has 0 saturated carbocycles. The number of benzene rings is 1. The lowest BCUT2D eigenvalue weighted by Gasteiger charge is -2.26. The van der Waals surface area contributed by atoms with Crippen LogP contribution in [0.25, 0.3) is 0 Å². The molecular formula is C21H28N4O3. The molecule has 28 heavy (non-hydrogen) atoms. The molecule has 1 N–H and O–H groups in total. The van der Waals surface area contributed by atoms with Crippen LogP contribution >= 0.6 is 0 Å². The average molecular weight is 384 g/mol. The van der Waals surface area contributed by atoms with Crippen molar-refractivity contribution in [2.24, 2.45) is 13.0 Å². The van der Waals surface area contributed by atoms with E-state index in [0.29, 0.717) is 18.7 Å². The number of aryl methyl sites for hydroxylation is 1. The van der Waals surface area contributed by atoms with Crippen molar-refractivity contribution < 1.29 is 14.6 Å². The van der Waals surface area contributed by atoms with Crippen LogP contribution in [-0.4, -0.2) is 76.6 Å². The van der Waals surface area contributed by atoms with Crippen LogP contribution in [0.4, 0.5) is 0 Å². The highest BCUT2D eigenvalue weighted by molar-refractivity contribution is 5.94. The first-order chi connectivity index (χ1) is 13.6. The van der Waals surface area contributed by atoms with Gasteiger partial charge in [-0.2, -0.15) is 5.10 Å². The number of hydrogen-bond acceptors (Lipinski definition) is 5. The fourth-order valence-electron chi connectivity index (χ4n) is 4.23. The zero-order valence-electron chi connectivity index (χ0n) is 16.3. The standard InChI is InChI=1S/C21H28N4O3/c1-23-12-18(10-22-23)20-14-25(13-19(20)15-26)21(27)17-4-2-3-16(9-17)11-24-5-7-28-8-6-24/h2-4,9-10,12,19-20,26H,5-8,11,13-15H2,1H3/t19-,20-/m0/s1. The number of likely N-dealkylation sites (tertiary alicyclic amines) is 1. The van der Waals surface area contributed by atoms with E-state index in [1.54, 1.807) is 4.68 Å². The molecule has 2 saturated heterocycles. The van der Waals surface area contributed by atoms with Gasteiger partial charge in [-0.15, -0.1) is 0 Å². The van der Waals surface area contributed by atoms with Gasteiger partial charge >= 0.3 is 0 Å². The van der Waals surface area contributed by atoms with Crippen molar-refractivity contribution in [2.75, 3.05) is 46.0 Å². The number of amides is 1. The van der Waals surface area contributed by atoms with E-state index in [9.17, 15) is 9.90 Å². The van der Waals surface area contributed by atoms with Crippen LogP contribution in [-0.2, 0) is 18.3 Å². The fourth-order valence-corrected chi connectivity index (χ4v) is 4.23. The normalized spacial score (nSPS) is 23.3. The maximum Gasteiger partial charge on any atom is 0.253 e. The molecule has 150 valence electrons. The molecular weight excluding hydrogens is 356 g/mol. The van der Waals surface area contributed by atoms with E-state index in [1.807, 2.05) is 42.5 Å². The number of rotatable bonds is 5. The predicted molar refractivity (Wildman–Crippen MR) is 105 cm³/mol. The highest BCUT2D eigenvalue weighted by Crippen LogP contribution is 2.33. The van der Waals surface area contributed by atoms with E-state index in [1.165, 1.54) is 0 Å². The van der Waals surface area contributed by atoms with Gasteiger partial charge in [0.2, 0.25) is 0 Å². The van der Waals surface area contributed by atoms with Crippen LogP contribution in [0.5, 0.6) is 0 Å². The highest BCUT2D eigenvalue weighted by Gasteiger charge is 2.36. The molecule has 0 aliphatic carbocycles. The number of carbonyl (C=O) groups excluding carboxylic acids is 1. The zero-order chi connectivity index (χ0) is 19.5. The summed E-state index contributed by atoms with van der Waals surface area (Å²) in [5, 5.41) is 14.1.